The van der Waals surface area contributed by atoms with E-state index in [1.165, 1.54) is 31.0 Å². The van der Waals surface area contributed by atoms with E-state index in [1.807, 2.05) is 36.9 Å². The summed E-state index contributed by atoms with van der Waals surface area (Å²) >= 11 is 1.52. The van der Waals surface area contributed by atoms with Crippen LogP contribution in [0.15, 0.2) is 35.5 Å². The molecule has 5 nitrogen and oxygen atoms in total. The first kappa shape index (κ1) is 19.0. The van der Waals surface area contributed by atoms with Crippen LogP contribution in [-0.4, -0.2) is 44.4 Å². The quantitative estimate of drug-likeness (QED) is 0.676. The molecule has 0 spiro atoms. The van der Waals surface area contributed by atoms with E-state index >= 15 is 0 Å². The summed E-state index contributed by atoms with van der Waals surface area (Å²) in [5.74, 6) is 1.51. The van der Waals surface area contributed by atoms with Crippen molar-refractivity contribution in [3.05, 3.63) is 30.3 Å². The topological polar surface area (TPSA) is 51.0 Å². The van der Waals surface area contributed by atoms with Crippen molar-refractivity contribution >= 4 is 17.7 Å². The zero-order valence-corrected chi connectivity index (χ0v) is 16.5. The summed E-state index contributed by atoms with van der Waals surface area (Å²) in [6, 6.07) is 10.7. The van der Waals surface area contributed by atoms with Crippen molar-refractivity contribution in [2.24, 2.45) is 0 Å². The lowest BCUT2D eigenvalue weighted by Gasteiger charge is -2.26. The van der Waals surface area contributed by atoms with Gasteiger partial charge in [0.05, 0.1) is 5.75 Å². The molecule has 1 aromatic carbocycles. The number of carbonyl (C=O) groups is 1. The fourth-order valence-electron chi connectivity index (χ4n) is 3.62. The molecule has 0 aliphatic heterocycles. The number of carbonyl (C=O) groups excluding carboxylic acids is 1. The molecule has 26 heavy (non-hydrogen) atoms. The summed E-state index contributed by atoms with van der Waals surface area (Å²) in [6.45, 7) is 5.54. The van der Waals surface area contributed by atoms with E-state index in [1.54, 1.807) is 0 Å². The van der Waals surface area contributed by atoms with E-state index in [4.69, 9.17) is 0 Å². The van der Waals surface area contributed by atoms with Crippen LogP contribution in [0.25, 0.3) is 11.4 Å². The van der Waals surface area contributed by atoms with Gasteiger partial charge in [-0.05, 0) is 26.7 Å². The van der Waals surface area contributed by atoms with Gasteiger partial charge in [-0.1, -0.05) is 61.4 Å². The Hall–Kier alpha value is -1.82. The minimum Gasteiger partial charge on any atom is -0.343 e. The molecule has 0 saturated heterocycles. The SMILES string of the molecule is CCN(CC)C(=O)CSc1nnc(-c2ccccc2)n1C1CCCCC1. The van der Waals surface area contributed by atoms with E-state index in [9.17, 15) is 4.79 Å². The molecule has 0 unspecified atom stereocenters. The van der Waals surface area contributed by atoms with Crippen LogP contribution in [0.4, 0.5) is 0 Å². The summed E-state index contributed by atoms with van der Waals surface area (Å²) in [6.07, 6.45) is 6.13. The zero-order valence-electron chi connectivity index (χ0n) is 15.7. The van der Waals surface area contributed by atoms with Crippen LogP contribution in [0.5, 0.6) is 0 Å². The molecule has 6 heteroatoms. The van der Waals surface area contributed by atoms with Gasteiger partial charge in [-0.3, -0.25) is 9.36 Å². The highest BCUT2D eigenvalue weighted by Gasteiger charge is 2.24. The Kier molecular flexibility index (Phi) is 6.72. The Morgan fingerprint density at radius 2 is 1.81 bits per heavy atom. The lowest BCUT2D eigenvalue weighted by atomic mass is 9.95. The number of aromatic nitrogens is 3. The molecule has 2 aromatic rings. The summed E-state index contributed by atoms with van der Waals surface area (Å²) in [4.78, 5) is 14.3. The maximum atomic E-state index is 12.4. The largest absolute Gasteiger partial charge is 0.343 e. The molecule has 1 aliphatic carbocycles. The summed E-state index contributed by atoms with van der Waals surface area (Å²) in [5.41, 5.74) is 1.09. The second-order valence-corrected chi connectivity index (χ2v) is 7.63. The van der Waals surface area contributed by atoms with E-state index in [2.05, 4.69) is 26.9 Å². The third kappa shape index (κ3) is 4.29. The van der Waals surface area contributed by atoms with Crippen molar-refractivity contribution in [1.29, 1.82) is 0 Å². The van der Waals surface area contributed by atoms with Gasteiger partial charge in [0, 0.05) is 24.7 Å². The van der Waals surface area contributed by atoms with Gasteiger partial charge >= 0.3 is 0 Å². The third-order valence-electron chi connectivity index (χ3n) is 5.08. The first-order valence-corrected chi connectivity index (χ1v) is 10.6. The molecular weight excluding hydrogens is 344 g/mol. The predicted octanol–water partition coefficient (Wildman–Crippen LogP) is 4.41. The molecule has 140 valence electrons. The number of hydrogen-bond acceptors (Lipinski definition) is 4. The second-order valence-electron chi connectivity index (χ2n) is 6.69. The number of thioether (sulfide) groups is 1. The molecule has 1 saturated carbocycles. The van der Waals surface area contributed by atoms with Crippen molar-refractivity contribution in [2.75, 3.05) is 18.8 Å². The molecule has 1 amide bonds. The summed E-state index contributed by atoms with van der Waals surface area (Å²) < 4.78 is 2.29. The molecule has 0 N–H and O–H groups in total. The van der Waals surface area contributed by atoms with Gasteiger partial charge in [-0.15, -0.1) is 10.2 Å². The lowest BCUT2D eigenvalue weighted by Crippen LogP contribution is -2.32. The highest BCUT2D eigenvalue weighted by Crippen LogP contribution is 2.35. The Morgan fingerprint density at radius 3 is 2.46 bits per heavy atom. The lowest BCUT2D eigenvalue weighted by molar-refractivity contribution is -0.127. The Balaban J connectivity index is 1.85. The number of amides is 1. The molecule has 1 aliphatic rings. The van der Waals surface area contributed by atoms with E-state index in [0.29, 0.717) is 11.8 Å². The fourth-order valence-corrected chi connectivity index (χ4v) is 4.53. The van der Waals surface area contributed by atoms with Crippen molar-refractivity contribution in [2.45, 2.75) is 57.1 Å². The minimum atomic E-state index is 0.166. The predicted molar refractivity (Wildman–Crippen MR) is 106 cm³/mol. The van der Waals surface area contributed by atoms with E-state index in [-0.39, 0.29) is 5.91 Å². The second kappa shape index (κ2) is 9.21. The maximum Gasteiger partial charge on any atom is 0.233 e. The smallest absolute Gasteiger partial charge is 0.233 e. The highest BCUT2D eigenvalue weighted by molar-refractivity contribution is 7.99. The molecule has 1 aromatic heterocycles. The average Bonchev–Trinajstić information content (AvgIpc) is 3.12. The van der Waals surface area contributed by atoms with Gasteiger partial charge in [-0.2, -0.15) is 0 Å². The van der Waals surface area contributed by atoms with Gasteiger partial charge in [0.2, 0.25) is 5.91 Å². The van der Waals surface area contributed by atoms with Crippen molar-refractivity contribution in [3.8, 4) is 11.4 Å². The molecule has 1 heterocycles. The molecule has 0 bridgehead atoms. The van der Waals surface area contributed by atoms with Gasteiger partial charge in [0.25, 0.3) is 0 Å². The number of rotatable bonds is 7. The van der Waals surface area contributed by atoms with Gasteiger partial charge in [0.15, 0.2) is 11.0 Å². The first-order chi connectivity index (χ1) is 12.7. The van der Waals surface area contributed by atoms with Gasteiger partial charge in [-0.25, -0.2) is 0 Å². The molecule has 0 atom stereocenters. The van der Waals surface area contributed by atoms with E-state index in [0.717, 1.165) is 42.5 Å². The minimum absolute atomic E-state index is 0.166. The van der Waals surface area contributed by atoms with Crippen LogP contribution in [0.2, 0.25) is 0 Å². The van der Waals surface area contributed by atoms with Crippen LogP contribution < -0.4 is 0 Å². The number of nitrogens with zero attached hydrogens (tertiary/aromatic N) is 4. The zero-order chi connectivity index (χ0) is 18.4. The standard InChI is InChI=1S/C20H28N4OS/c1-3-23(4-2)18(25)15-26-20-22-21-19(16-11-7-5-8-12-16)24(20)17-13-9-6-10-14-17/h5,7-8,11-12,17H,3-4,6,9-10,13-15H2,1-2H3. The fraction of sp³-hybridized carbons (Fsp3) is 0.550. The highest BCUT2D eigenvalue weighted by atomic mass is 32.2. The third-order valence-corrected chi connectivity index (χ3v) is 6.01. The van der Waals surface area contributed by atoms with Crippen molar-refractivity contribution in [3.63, 3.8) is 0 Å². The van der Waals surface area contributed by atoms with E-state index < -0.39 is 0 Å². The normalized spacial score (nSPS) is 15.2. The Labute approximate surface area is 160 Å². The average molecular weight is 373 g/mol. The number of benzene rings is 1. The first-order valence-electron chi connectivity index (χ1n) is 9.65. The van der Waals surface area contributed by atoms with Crippen molar-refractivity contribution < 1.29 is 4.79 Å². The van der Waals surface area contributed by atoms with Crippen LogP contribution in [-0.2, 0) is 4.79 Å². The summed E-state index contributed by atoms with van der Waals surface area (Å²) in [5, 5.41) is 9.82. The maximum absolute atomic E-state index is 12.4. The van der Waals surface area contributed by atoms with Gasteiger partial charge < -0.3 is 4.90 Å². The van der Waals surface area contributed by atoms with Crippen LogP contribution in [0.1, 0.15) is 52.0 Å². The molecule has 0 radical (unpaired) electrons. The molecular formula is C20H28N4OS. The van der Waals surface area contributed by atoms with Crippen molar-refractivity contribution in [1.82, 2.24) is 19.7 Å². The Morgan fingerprint density at radius 1 is 1.12 bits per heavy atom. The summed E-state index contributed by atoms with van der Waals surface area (Å²) in [7, 11) is 0. The monoisotopic (exact) mass is 372 g/mol. The van der Waals surface area contributed by atoms with Crippen LogP contribution in [0, 0.1) is 0 Å². The van der Waals surface area contributed by atoms with Crippen LogP contribution in [0.3, 0.4) is 0 Å². The van der Waals surface area contributed by atoms with Crippen LogP contribution >= 0.6 is 11.8 Å². The molecule has 1 fully saturated rings. The molecule has 3 rings (SSSR count). The number of hydrogen-bond donors (Lipinski definition) is 0. The Bertz CT molecular complexity index is 706. The van der Waals surface area contributed by atoms with Gasteiger partial charge in [0.1, 0.15) is 0 Å².